The molecule has 1 aliphatic rings. The number of hydrogen-bond acceptors (Lipinski definition) is 3. The molecule has 1 aromatic carbocycles. The molecule has 0 aliphatic carbocycles. The molecule has 21 heavy (non-hydrogen) atoms. The maximum absolute atomic E-state index is 13.4. The van der Waals surface area contributed by atoms with Gasteiger partial charge in [-0.2, -0.15) is 0 Å². The van der Waals surface area contributed by atoms with Crippen LogP contribution in [-0.4, -0.2) is 26.7 Å². The number of imidazole rings is 1. The zero-order valence-electron chi connectivity index (χ0n) is 11.3. The molecule has 0 saturated carbocycles. The molecule has 3 rings (SSSR count). The number of aromatic nitrogens is 2. The van der Waals surface area contributed by atoms with Gasteiger partial charge in [0.05, 0.1) is 17.1 Å². The Bertz CT molecular complexity index is 714. The summed E-state index contributed by atoms with van der Waals surface area (Å²) >= 11 is 0. The van der Waals surface area contributed by atoms with Gasteiger partial charge in [-0.1, -0.05) is 0 Å². The number of benzene rings is 1. The molecule has 2 atom stereocenters. The average molecular weight is 296 g/mol. The zero-order chi connectivity index (χ0) is 15.1. The number of hydrogen-bond donors (Lipinski definition) is 1. The lowest BCUT2D eigenvalue weighted by molar-refractivity contribution is -0.137. The maximum Gasteiger partial charge on any atom is 0.323 e. The SMILES string of the molecule is CC1CCC(c2nc3cc(F)c(F)cc3n2CC(=O)O)O1. The highest BCUT2D eigenvalue weighted by Gasteiger charge is 2.29. The molecule has 1 N–H and O–H groups in total. The van der Waals surface area contributed by atoms with Crippen molar-refractivity contribution >= 4 is 17.0 Å². The molecule has 1 saturated heterocycles. The monoisotopic (exact) mass is 296 g/mol. The van der Waals surface area contributed by atoms with Crippen LogP contribution in [0.3, 0.4) is 0 Å². The lowest BCUT2D eigenvalue weighted by Gasteiger charge is -2.12. The summed E-state index contributed by atoms with van der Waals surface area (Å²) < 4.78 is 33.8. The number of carboxylic acids is 1. The first kappa shape index (κ1) is 13.9. The molecule has 1 aromatic heterocycles. The summed E-state index contributed by atoms with van der Waals surface area (Å²) in [6.45, 7) is 1.55. The summed E-state index contributed by atoms with van der Waals surface area (Å²) in [7, 11) is 0. The summed E-state index contributed by atoms with van der Waals surface area (Å²) in [6, 6.07) is 1.95. The van der Waals surface area contributed by atoms with Crippen molar-refractivity contribution < 1.29 is 23.4 Å². The Morgan fingerprint density at radius 1 is 1.43 bits per heavy atom. The Balaban J connectivity index is 2.15. The molecule has 2 aromatic rings. The van der Waals surface area contributed by atoms with Crippen LogP contribution in [0.4, 0.5) is 8.78 Å². The van der Waals surface area contributed by atoms with E-state index in [1.54, 1.807) is 0 Å². The van der Waals surface area contributed by atoms with Crippen LogP contribution >= 0.6 is 0 Å². The van der Waals surface area contributed by atoms with Gasteiger partial charge in [-0.3, -0.25) is 4.79 Å². The third kappa shape index (κ3) is 2.49. The van der Waals surface area contributed by atoms with Gasteiger partial charge >= 0.3 is 5.97 Å². The summed E-state index contributed by atoms with van der Waals surface area (Å²) in [5, 5.41) is 9.03. The molecule has 2 unspecified atom stereocenters. The number of nitrogens with zero attached hydrogens (tertiary/aromatic N) is 2. The molecular weight excluding hydrogens is 282 g/mol. The van der Waals surface area contributed by atoms with Gasteiger partial charge in [0, 0.05) is 12.1 Å². The average Bonchev–Trinajstić information content (AvgIpc) is 2.95. The largest absolute Gasteiger partial charge is 0.480 e. The minimum Gasteiger partial charge on any atom is -0.480 e. The number of carbonyl (C=O) groups is 1. The fourth-order valence-corrected chi connectivity index (χ4v) is 2.68. The summed E-state index contributed by atoms with van der Waals surface area (Å²) in [5.74, 6) is -2.70. The van der Waals surface area contributed by atoms with Crippen molar-refractivity contribution in [1.29, 1.82) is 0 Å². The topological polar surface area (TPSA) is 64.4 Å². The van der Waals surface area contributed by atoms with Gasteiger partial charge in [-0.15, -0.1) is 0 Å². The molecule has 1 fully saturated rings. The third-order valence-corrected chi connectivity index (χ3v) is 3.63. The number of rotatable bonds is 3. The van der Waals surface area contributed by atoms with Crippen molar-refractivity contribution in [2.24, 2.45) is 0 Å². The van der Waals surface area contributed by atoms with E-state index in [0.717, 1.165) is 18.6 Å². The van der Waals surface area contributed by atoms with Crippen LogP contribution in [-0.2, 0) is 16.1 Å². The summed E-state index contributed by atoms with van der Waals surface area (Å²) in [6.07, 6.45) is 1.25. The molecule has 0 spiro atoms. The van der Waals surface area contributed by atoms with Gasteiger partial charge in [0.15, 0.2) is 11.6 Å². The predicted octanol–water partition coefficient (Wildman–Crippen LogP) is 2.64. The molecule has 112 valence electrons. The first-order chi connectivity index (χ1) is 9.95. The van der Waals surface area contributed by atoms with E-state index in [9.17, 15) is 13.6 Å². The molecule has 0 radical (unpaired) electrons. The minimum absolute atomic E-state index is 0.0570. The first-order valence-corrected chi connectivity index (χ1v) is 6.68. The van der Waals surface area contributed by atoms with E-state index in [1.807, 2.05) is 6.92 Å². The Kier molecular flexibility index (Phi) is 3.36. The Hall–Kier alpha value is -2.02. The van der Waals surface area contributed by atoms with Crippen LogP contribution in [0.25, 0.3) is 11.0 Å². The van der Waals surface area contributed by atoms with E-state index in [0.29, 0.717) is 12.2 Å². The molecule has 2 heterocycles. The third-order valence-electron chi connectivity index (χ3n) is 3.63. The highest BCUT2D eigenvalue weighted by molar-refractivity contribution is 5.78. The van der Waals surface area contributed by atoms with Crippen molar-refractivity contribution in [2.45, 2.75) is 38.5 Å². The predicted molar refractivity (Wildman–Crippen MR) is 69.8 cm³/mol. The van der Waals surface area contributed by atoms with Gasteiger partial charge in [-0.25, -0.2) is 13.8 Å². The van der Waals surface area contributed by atoms with E-state index < -0.39 is 17.6 Å². The van der Waals surface area contributed by atoms with Crippen molar-refractivity contribution in [3.63, 3.8) is 0 Å². The summed E-state index contributed by atoms with van der Waals surface area (Å²) in [5.41, 5.74) is 0.489. The van der Waals surface area contributed by atoms with Crippen LogP contribution in [0, 0.1) is 11.6 Å². The second kappa shape index (κ2) is 5.07. The smallest absolute Gasteiger partial charge is 0.323 e. The second-order valence-electron chi connectivity index (χ2n) is 5.22. The van der Waals surface area contributed by atoms with Gasteiger partial charge in [0.1, 0.15) is 18.5 Å². The molecule has 0 bridgehead atoms. The van der Waals surface area contributed by atoms with Crippen LogP contribution in [0.5, 0.6) is 0 Å². The van der Waals surface area contributed by atoms with Crippen LogP contribution in [0.1, 0.15) is 31.7 Å². The van der Waals surface area contributed by atoms with Crippen LogP contribution < -0.4 is 0 Å². The number of fused-ring (bicyclic) bond motifs is 1. The van der Waals surface area contributed by atoms with E-state index in [-0.39, 0.29) is 29.8 Å². The second-order valence-corrected chi connectivity index (χ2v) is 5.22. The molecule has 5 nitrogen and oxygen atoms in total. The van der Waals surface area contributed by atoms with E-state index in [1.165, 1.54) is 4.57 Å². The number of ether oxygens (including phenoxy) is 1. The quantitative estimate of drug-likeness (QED) is 0.945. The standard InChI is InChI=1S/C14H14F2N2O3/c1-7-2-3-12(21-7)14-17-10-4-8(15)9(16)5-11(10)18(14)6-13(19)20/h4-5,7,12H,2-3,6H2,1H3,(H,19,20). The highest BCUT2D eigenvalue weighted by Crippen LogP contribution is 2.34. The van der Waals surface area contributed by atoms with Crippen molar-refractivity contribution in [3.8, 4) is 0 Å². The molecule has 1 aliphatic heterocycles. The fraction of sp³-hybridized carbons (Fsp3) is 0.429. The van der Waals surface area contributed by atoms with Crippen LogP contribution in [0.2, 0.25) is 0 Å². The lowest BCUT2D eigenvalue weighted by Crippen LogP contribution is -2.15. The van der Waals surface area contributed by atoms with Crippen molar-refractivity contribution in [3.05, 3.63) is 29.6 Å². The molecular formula is C14H14F2N2O3. The van der Waals surface area contributed by atoms with E-state index in [2.05, 4.69) is 4.98 Å². The van der Waals surface area contributed by atoms with Gasteiger partial charge in [0.2, 0.25) is 0 Å². The maximum atomic E-state index is 13.4. The van der Waals surface area contributed by atoms with E-state index >= 15 is 0 Å². The molecule has 7 heteroatoms. The Morgan fingerprint density at radius 2 is 2.14 bits per heavy atom. The minimum atomic E-state index is -1.08. The van der Waals surface area contributed by atoms with E-state index in [4.69, 9.17) is 9.84 Å². The van der Waals surface area contributed by atoms with Crippen molar-refractivity contribution in [1.82, 2.24) is 9.55 Å². The zero-order valence-corrected chi connectivity index (χ0v) is 11.3. The van der Waals surface area contributed by atoms with Crippen LogP contribution in [0.15, 0.2) is 12.1 Å². The number of aliphatic carboxylic acids is 1. The lowest BCUT2D eigenvalue weighted by atomic mass is 10.2. The van der Waals surface area contributed by atoms with Gasteiger partial charge in [-0.05, 0) is 19.8 Å². The Morgan fingerprint density at radius 3 is 2.76 bits per heavy atom. The van der Waals surface area contributed by atoms with Gasteiger partial charge < -0.3 is 14.4 Å². The summed E-state index contributed by atoms with van der Waals surface area (Å²) in [4.78, 5) is 15.3. The normalized spacial score (nSPS) is 22.0. The fourth-order valence-electron chi connectivity index (χ4n) is 2.68. The first-order valence-electron chi connectivity index (χ1n) is 6.68. The Labute approximate surface area is 119 Å². The van der Waals surface area contributed by atoms with Crippen molar-refractivity contribution in [2.75, 3.05) is 0 Å². The molecule has 0 amide bonds. The van der Waals surface area contributed by atoms with Gasteiger partial charge in [0.25, 0.3) is 0 Å². The highest BCUT2D eigenvalue weighted by atomic mass is 19.2. The number of halogens is 2. The number of carboxylic acid groups (broad SMARTS) is 1.